The van der Waals surface area contributed by atoms with E-state index in [0.717, 1.165) is 6.07 Å². The van der Waals surface area contributed by atoms with Crippen LogP contribution in [0, 0.1) is 29.1 Å². The largest absolute Gasteiger partial charge is 0.507 e. The van der Waals surface area contributed by atoms with Crippen molar-refractivity contribution >= 4 is 17.3 Å². The van der Waals surface area contributed by atoms with Crippen LogP contribution in [0.15, 0.2) is 6.07 Å². The van der Waals surface area contributed by atoms with E-state index in [9.17, 15) is 29.7 Å². The number of phenols is 3. The van der Waals surface area contributed by atoms with Crippen LogP contribution in [0.4, 0.5) is 0 Å². The molecule has 6 heteroatoms. The molecular weight excluding hydrogens is 384 g/mol. The summed E-state index contributed by atoms with van der Waals surface area (Å²) in [6.07, 6.45) is 5.63. The highest BCUT2D eigenvalue weighted by Crippen LogP contribution is 2.45. The van der Waals surface area contributed by atoms with E-state index in [2.05, 4.69) is 5.92 Å². The number of carbonyl (C=O) groups excluding carboxylic acids is 3. The predicted octanol–water partition coefficient (Wildman–Crippen LogP) is 4.35. The molecule has 0 aliphatic heterocycles. The zero-order chi connectivity index (χ0) is 23.6. The molecule has 0 bridgehead atoms. The van der Waals surface area contributed by atoms with E-state index in [-0.39, 0.29) is 17.5 Å². The number of ketones is 3. The molecule has 0 heterocycles. The molecule has 6 nitrogen and oxygen atoms in total. The van der Waals surface area contributed by atoms with Gasteiger partial charge in [-0.1, -0.05) is 26.7 Å². The molecule has 30 heavy (non-hydrogen) atoms. The molecular formula is C24H32O6. The average Bonchev–Trinajstić information content (AvgIpc) is 2.65. The van der Waals surface area contributed by atoms with Gasteiger partial charge in [-0.2, -0.15) is 0 Å². The van der Waals surface area contributed by atoms with Crippen molar-refractivity contribution in [2.24, 2.45) is 16.7 Å². The van der Waals surface area contributed by atoms with E-state index in [4.69, 9.17) is 6.42 Å². The molecule has 0 spiro atoms. The third-order valence-electron chi connectivity index (χ3n) is 5.59. The maximum atomic E-state index is 13.1. The van der Waals surface area contributed by atoms with Gasteiger partial charge in [-0.25, -0.2) is 0 Å². The number of hydrogen-bond acceptors (Lipinski definition) is 6. The summed E-state index contributed by atoms with van der Waals surface area (Å²) in [7, 11) is 0. The van der Waals surface area contributed by atoms with E-state index >= 15 is 0 Å². The topological polar surface area (TPSA) is 112 Å². The van der Waals surface area contributed by atoms with Crippen molar-refractivity contribution in [3.8, 4) is 29.6 Å². The Hall–Kier alpha value is -2.81. The summed E-state index contributed by atoms with van der Waals surface area (Å²) in [4.78, 5) is 38.3. The zero-order valence-corrected chi connectivity index (χ0v) is 18.8. The molecule has 0 aliphatic rings. The number of benzene rings is 1. The smallest absolute Gasteiger partial charge is 0.172 e. The summed E-state index contributed by atoms with van der Waals surface area (Å²) in [5, 5.41) is 31.2. The molecule has 1 rings (SSSR count). The lowest BCUT2D eigenvalue weighted by Crippen LogP contribution is -2.42. The minimum Gasteiger partial charge on any atom is -0.507 e. The van der Waals surface area contributed by atoms with Crippen molar-refractivity contribution in [2.45, 2.75) is 67.2 Å². The summed E-state index contributed by atoms with van der Waals surface area (Å²) >= 11 is 0. The highest BCUT2D eigenvalue weighted by molar-refractivity contribution is 6.09. The SMILES string of the molecule is C#CC(C)(C)C(=O)C(C)(C)C(=O)C[C@@H](CC)c1c(O)cc(O)c(C(=O)C(C)C)c1O. The maximum absolute atomic E-state index is 13.1. The second-order valence-electron chi connectivity index (χ2n) is 9.03. The molecule has 0 aliphatic carbocycles. The number of aromatic hydroxyl groups is 3. The summed E-state index contributed by atoms with van der Waals surface area (Å²) in [5.41, 5.74) is -2.78. The van der Waals surface area contributed by atoms with Gasteiger partial charge in [0, 0.05) is 24.0 Å². The first kappa shape index (κ1) is 25.2. The predicted molar refractivity (Wildman–Crippen MR) is 115 cm³/mol. The molecule has 164 valence electrons. The van der Waals surface area contributed by atoms with Gasteiger partial charge < -0.3 is 15.3 Å². The van der Waals surface area contributed by atoms with Crippen LogP contribution in [0.3, 0.4) is 0 Å². The molecule has 0 radical (unpaired) electrons. The number of carbonyl (C=O) groups is 3. The van der Waals surface area contributed by atoms with E-state index in [1.165, 1.54) is 13.8 Å². The van der Waals surface area contributed by atoms with Gasteiger partial charge in [-0.15, -0.1) is 6.42 Å². The second kappa shape index (κ2) is 8.91. The van der Waals surface area contributed by atoms with Crippen LogP contribution in [0.5, 0.6) is 17.2 Å². The molecule has 1 aromatic carbocycles. The molecule has 0 saturated carbocycles. The number of phenolic OH excluding ortho intramolecular Hbond substituents is 3. The molecule has 1 atom stereocenters. The van der Waals surface area contributed by atoms with Crippen LogP contribution in [0.1, 0.15) is 83.1 Å². The number of terminal acetylenes is 1. The van der Waals surface area contributed by atoms with Gasteiger partial charge in [-0.05, 0) is 40.0 Å². The van der Waals surface area contributed by atoms with Crippen LogP contribution < -0.4 is 0 Å². The lowest BCUT2D eigenvalue weighted by Gasteiger charge is -2.30. The number of Topliss-reactive ketones (excluding diaryl/α,β-unsaturated/α-hetero) is 3. The third kappa shape index (κ3) is 4.67. The van der Waals surface area contributed by atoms with Crippen LogP contribution >= 0.6 is 0 Å². The van der Waals surface area contributed by atoms with Crippen LogP contribution in [0.2, 0.25) is 0 Å². The molecule has 0 saturated heterocycles. The summed E-state index contributed by atoms with van der Waals surface area (Å²) in [5.74, 6) is -1.53. The molecule has 3 N–H and O–H groups in total. The third-order valence-corrected chi connectivity index (χ3v) is 5.59. The van der Waals surface area contributed by atoms with Crippen molar-refractivity contribution in [2.75, 3.05) is 0 Å². The van der Waals surface area contributed by atoms with E-state index in [0.29, 0.717) is 6.42 Å². The molecule has 0 unspecified atom stereocenters. The zero-order valence-electron chi connectivity index (χ0n) is 18.8. The normalized spacial score (nSPS) is 13.0. The van der Waals surface area contributed by atoms with Gasteiger partial charge in [0.05, 0.1) is 10.8 Å². The minimum atomic E-state index is -1.37. The number of rotatable bonds is 9. The van der Waals surface area contributed by atoms with Gasteiger partial charge in [0.1, 0.15) is 28.6 Å². The van der Waals surface area contributed by atoms with Crippen molar-refractivity contribution in [3.63, 3.8) is 0 Å². The van der Waals surface area contributed by atoms with Gasteiger partial charge in [0.15, 0.2) is 11.6 Å². The Bertz CT molecular complexity index is 899. The van der Waals surface area contributed by atoms with Gasteiger partial charge in [0.25, 0.3) is 0 Å². The molecule has 0 fully saturated rings. The fourth-order valence-electron chi connectivity index (χ4n) is 3.49. The Balaban J connectivity index is 3.43. The monoisotopic (exact) mass is 416 g/mol. The van der Waals surface area contributed by atoms with Crippen LogP contribution in [0.25, 0.3) is 0 Å². The van der Waals surface area contributed by atoms with Crippen molar-refractivity contribution in [1.82, 2.24) is 0 Å². The van der Waals surface area contributed by atoms with Crippen molar-refractivity contribution in [1.29, 1.82) is 0 Å². The quantitative estimate of drug-likeness (QED) is 0.313. The standard InChI is InChI=1S/C24H32O6/c1-9-14(11-17(27)24(7,8)22(30)23(5,6)10-2)18-15(25)12-16(26)19(21(18)29)20(28)13(3)4/h2,12-14,25-26,29H,9,11H2,1,3-8H3/t14-/m1/s1. The fourth-order valence-corrected chi connectivity index (χ4v) is 3.49. The van der Waals surface area contributed by atoms with E-state index in [1.54, 1.807) is 34.6 Å². The minimum absolute atomic E-state index is 0.00658. The van der Waals surface area contributed by atoms with Crippen molar-refractivity contribution in [3.05, 3.63) is 17.2 Å². The highest BCUT2D eigenvalue weighted by Gasteiger charge is 2.44. The van der Waals surface area contributed by atoms with Gasteiger partial charge in [-0.3, -0.25) is 14.4 Å². The summed E-state index contributed by atoms with van der Waals surface area (Å²) in [6.45, 7) is 11.2. The van der Waals surface area contributed by atoms with Crippen molar-refractivity contribution < 1.29 is 29.7 Å². The van der Waals surface area contributed by atoms with Crippen LogP contribution in [-0.2, 0) is 9.59 Å². The summed E-state index contributed by atoms with van der Waals surface area (Å²) in [6, 6.07) is 0.996. The average molecular weight is 417 g/mol. The Morgan fingerprint density at radius 3 is 2.03 bits per heavy atom. The van der Waals surface area contributed by atoms with E-state index in [1.807, 2.05) is 0 Å². The fraction of sp³-hybridized carbons (Fsp3) is 0.542. The molecule has 1 aromatic rings. The Morgan fingerprint density at radius 1 is 1.07 bits per heavy atom. The second-order valence-corrected chi connectivity index (χ2v) is 9.03. The molecule has 0 aromatic heterocycles. The first-order valence-electron chi connectivity index (χ1n) is 10.0. The van der Waals surface area contributed by atoms with Gasteiger partial charge >= 0.3 is 0 Å². The maximum Gasteiger partial charge on any atom is 0.172 e. The highest BCUT2D eigenvalue weighted by atomic mass is 16.3. The van der Waals surface area contributed by atoms with Gasteiger partial charge in [0.2, 0.25) is 0 Å². The Kier molecular flexibility index (Phi) is 7.49. The lowest BCUT2D eigenvalue weighted by molar-refractivity contribution is -0.142. The first-order chi connectivity index (χ1) is 13.6. The van der Waals surface area contributed by atoms with E-state index < -0.39 is 57.3 Å². The summed E-state index contributed by atoms with van der Waals surface area (Å²) < 4.78 is 0. The Labute approximate surface area is 178 Å². The first-order valence-corrected chi connectivity index (χ1v) is 10.0. The Morgan fingerprint density at radius 2 is 1.60 bits per heavy atom. The van der Waals surface area contributed by atoms with Crippen LogP contribution in [-0.4, -0.2) is 32.7 Å². The number of hydrogen-bond donors (Lipinski definition) is 3. The lowest BCUT2D eigenvalue weighted by atomic mass is 9.69. The molecule has 0 amide bonds.